The predicted molar refractivity (Wildman–Crippen MR) is 99.7 cm³/mol. The molecule has 0 saturated carbocycles. The highest BCUT2D eigenvalue weighted by Crippen LogP contribution is 2.38. The second kappa shape index (κ2) is 6.32. The second-order valence-corrected chi connectivity index (χ2v) is 7.26. The van der Waals surface area contributed by atoms with Crippen LogP contribution in [0, 0.1) is 0 Å². The number of nitrogens with one attached hydrogen (secondary N) is 1. The second-order valence-electron chi connectivity index (χ2n) is 7.26. The molecule has 1 saturated heterocycles. The molecule has 1 N–H and O–H groups in total. The fraction of sp³-hybridized carbons (Fsp3) is 0.421. The molecular formula is C19H25BN2O2. The van der Waals surface area contributed by atoms with Gasteiger partial charge in [0.1, 0.15) is 0 Å². The highest BCUT2D eigenvalue weighted by Gasteiger charge is 2.52. The number of hydrogen-bond donors (Lipinski definition) is 1. The summed E-state index contributed by atoms with van der Waals surface area (Å²) >= 11 is 0. The molecule has 1 fully saturated rings. The summed E-state index contributed by atoms with van der Waals surface area (Å²) in [6.07, 6.45) is 3.93. The zero-order valence-corrected chi connectivity index (χ0v) is 15.1. The molecule has 0 aliphatic carbocycles. The smallest absolute Gasteiger partial charge is 0.400 e. The SMILES string of the molecule is CNCC(=Cc1nccc2ccccc12)B1OC(C)(C)C(C)(C)O1. The Hall–Kier alpha value is -1.69. The van der Waals surface area contributed by atoms with Crippen molar-refractivity contribution in [3.63, 3.8) is 0 Å². The average Bonchev–Trinajstić information content (AvgIpc) is 2.75. The molecule has 0 amide bonds. The van der Waals surface area contributed by atoms with E-state index >= 15 is 0 Å². The van der Waals surface area contributed by atoms with Gasteiger partial charge in [-0.2, -0.15) is 0 Å². The first-order valence-electron chi connectivity index (χ1n) is 8.38. The van der Waals surface area contributed by atoms with E-state index in [1.54, 1.807) is 0 Å². The third-order valence-electron chi connectivity index (χ3n) is 4.96. The molecule has 5 heteroatoms. The van der Waals surface area contributed by atoms with E-state index in [2.05, 4.69) is 56.2 Å². The standard InChI is InChI=1S/C19H25BN2O2/c1-18(2)19(3,4)24-20(23-18)15(13-21-5)12-17-16-9-7-6-8-14(16)10-11-22-17/h6-12,21H,13H2,1-5H3. The number of likely N-dealkylation sites (N-methyl/N-ethyl adjacent to an activating group) is 1. The molecule has 2 aromatic rings. The van der Waals surface area contributed by atoms with Crippen molar-refractivity contribution in [3.8, 4) is 0 Å². The molecule has 4 nitrogen and oxygen atoms in total. The van der Waals surface area contributed by atoms with Crippen molar-refractivity contribution in [1.29, 1.82) is 0 Å². The normalized spacial score (nSPS) is 19.9. The van der Waals surface area contributed by atoms with Crippen molar-refractivity contribution >= 4 is 24.0 Å². The zero-order chi connectivity index (χ0) is 17.4. The Morgan fingerprint density at radius 2 is 1.79 bits per heavy atom. The lowest BCUT2D eigenvalue weighted by Gasteiger charge is -2.32. The van der Waals surface area contributed by atoms with Gasteiger partial charge in [-0.1, -0.05) is 24.3 Å². The Balaban J connectivity index is 2.01. The topological polar surface area (TPSA) is 43.4 Å². The first-order valence-corrected chi connectivity index (χ1v) is 8.38. The zero-order valence-electron chi connectivity index (χ0n) is 15.1. The van der Waals surface area contributed by atoms with E-state index in [1.165, 1.54) is 5.39 Å². The molecule has 1 aliphatic rings. The Labute approximate surface area is 144 Å². The maximum atomic E-state index is 6.20. The van der Waals surface area contributed by atoms with Crippen LogP contribution in [-0.2, 0) is 9.31 Å². The largest absolute Gasteiger partial charge is 0.491 e. The predicted octanol–water partition coefficient (Wildman–Crippen LogP) is 3.47. The summed E-state index contributed by atoms with van der Waals surface area (Å²) in [6, 6.07) is 10.3. The summed E-state index contributed by atoms with van der Waals surface area (Å²) in [5.41, 5.74) is 1.28. The summed E-state index contributed by atoms with van der Waals surface area (Å²) in [5, 5.41) is 5.52. The van der Waals surface area contributed by atoms with Gasteiger partial charge in [-0.05, 0) is 57.7 Å². The molecule has 3 rings (SSSR count). The van der Waals surface area contributed by atoms with Crippen LogP contribution < -0.4 is 5.32 Å². The quantitative estimate of drug-likeness (QED) is 0.875. The van der Waals surface area contributed by atoms with Crippen molar-refractivity contribution in [2.24, 2.45) is 0 Å². The van der Waals surface area contributed by atoms with Crippen LogP contribution >= 0.6 is 0 Å². The van der Waals surface area contributed by atoms with Crippen LogP contribution in [0.1, 0.15) is 33.4 Å². The van der Waals surface area contributed by atoms with Crippen molar-refractivity contribution < 1.29 is 9.31 Å². The fourth-order valence-electron chi connectivity index (χ4n) is 2.83. The Morgan fingerprint density at radius 1 is 1.12 bits per heavy atom. The minimum absolute atomic E-state index is 0.351. The number of benzene rings is 1. The number of aromatic nitrogens is 1. The lowest BCUT2D eigenvalue weighted by molar-refractivity contribution is 0.00578. The summed E-state index contributed by atoms with van der Waals surface area (Å²) in [7, 11) is 1.55. The van der Waals surface area contributed by atoms with Crippen LogP contribution in [0.25, 0.3) is 16.8 Å². The van der Waals surface area contributed by atoms with Gasteiger partial charge in [0.05, 0.1) is 16.9 Å². The number of fused-ring (bicyclic) bond motifs is 1. The van der Waals surface area contributed by atoms with E-state index in [0.29, 0.717) is 6.54 Å². The molecule has 0 bridgehead atoms. The monoisotopic (exact) mass is 324 g/mol. The van der Waals surface area contributed by atoms with Gasteiger partial charge in [-0.15, -0.1) is 0 Å². The van der Waals surface area contributed by atoms with Gasteiger partial charge >= 0.3 is 7.12 Å². The van der Waals surface area contributed by atoms with E-state index in [4.69, 9.17) is 9.31 Å². The molecule has 1 aliphatic heterocycles. The number of pyridine rings is 1. The highest BCUT2D eigenvalue weighted by atomic mass is 16.7. The molecular weight excluding hydrogens is 299 g/mol. The number of hydrogen-bond acceptors (Lipinski definition) is 4. The summed E-state index contributed by atoms with van der Waals surface area (Å²) in [5.74, 6) is 0. The number of nitrogens with zero attached hydrogens (tertiary/aromatic N) is 1. The molecule has 0 radical (unpaired) electrons. The third kappa shape index (κ3) is 3.12. The Bertz CT molecular complexity index is 750. The van der Waals surface area contributed by atoms with E-state index in [0.717, 1.165) is 16.6 Å². The van der Waals surface area contributed by atoms with E-state index in [9.17, 15) is 0 Å². The Kier molecular flexibility index (Phi) is 4.51. The van der Waals surface area contributed by atoms with Crippen LogP contribution in [0.4, 0.5) is 0 Å². The molecule has 1 aromatic carbocycles. The summed E-state index contributed by atoms with van der Waals surface area (Å²) < 4.78 is 12.4. The molecule has 0 spiro atoms. The van der Waals surface area contributed by atoms with E-state index in [1.807, 2.05) is 31.4 Å². The van der Waals surface area contributed by atoms with Crippen molar-refractivity contribution in [2.75, 3.05) is 13.6 Å². The lowest BCUT2D eigenvalue weighted by atomic mass is 9.77. The van der Waals surface area contributed by atoms with Crippen LogP contribution in [-0.4, -0.2) is 36.9 Å². The third-order valence-corrected chi connectivity index (χ3v) is 4.96. The van der Waals surface area contributed by atoms with Gasteiger partial charge in [0.25, 0.3) is 0 Å². The van der Waals surface area contributed by atoms with Crippen molar-refractivity contribution in [1.82, 2.24) is 10.3 Å². The fourth-order valence-corrected chi connectivity index (χ4v) is 2.83. The average molecular weight is 324 g/mol. The van der Waals surface area contributed by atoms with Gasteiger partial charge in [-0.3, -0.25) is 4.98 Å². The first kappa shape index (κ1) is 17.1. The number of rotatable bonds is 4. The minimum atomic E-state index is -0.372. The first-order chi connectivity index (χ1) is 11.3. The molecule has 24 heavy (non-hydrogen) atoms. The van der Waals surface area contributed by atoms with Gasteiger partial charge in [0, 0.05) is 18.1 Å². The van der Waals surface area contributed by atoms with Crippen LogP contribution in [0.5, 0.6) is 0 Å². The molecule has 0 atom stereocenters. The molecule has 126 valence electrons. The van der Waals surface area contributed by atoms with Gasteiger partial charge < -0.3 is 14.6 Å². The highest BCUT2D eigenvalue weighted by molar-refractivity contribution is 6.56. The summed E-state index contributed by atoms with van der Waals surface area (Å²) in [4.78, 5) is 4.56. The van der Waals surface area contributed by atoms with Gasteiger partial charge in [0.2, 0.25) is 0 Å². The summed E-state index contributed by atoms with van der Waals surface area (Å²) in [6.45, 7) is 8.96. The van der Waals surface area contributed by atoms with Gasteiger partial charge in [-0.25, -0.2) is 0 Å². The maximum Gasteiger partial charge on any atom is 0.491 e. The molecule has 0 unspecified atom stereocenters. The van der Waals surface area contributed by atoms with Crippen LogP contribution in [0.2, 0.25) is 0 Å². The van der Waals surface area contributed by atoms with Crippen molar-refractivity contribution in [2.45, 2.75) is 38.9 Å². The lowest BCUT2D eigenvalue weighted by Crippen LogP contribution is -2.41. The molecule has 2 heterocycles. The van der Waals surface area contributed by atoms with Crippen LogP contribution in [0.3, 0.4) is 0 Å². The minimum Gasteiger partial charge on any atom is -0.400 e. The maximum absolute atomic E-state index is 6.20. The van der Waals surface area contributed by atoms with Crippen LogP contribution in [0.15, 0.2) is 42.0 Å². The van der Waals surface area contributed by atoms with E-state index < -0.39 is 0 Å². The van der Waals surface area contributed by atoms with Crippen molar-refractivity contribution in [3.05, 3.63) is 47.7 Å². The van der Waals surface area contributed by atoms with E-state index in [-0.39, 0.29) is 18.3 Å². The Morgan fingerprint density at radius 3 is 2.46 bits per heavy atom. The van der Waals surface area contributed by atoms with Gasteiger partial charge in [0.15, 0.2) is 0 Å². The molecule has 1 aromatic heterocycles.